The quantitative estimate of drug-likeness (QED) is 0.490. The molecule has 160 valence electrons. The summed E-state index contributed by atoms with van der Waals surface area (Å²) >= 11 is 0. The average Bonchev–Trinajstić information content (AvgIpc) is 2.79. The summed E-state index contributed by atoms with van der Waals surface area (Å²) in [6, 6.07) is 22.5. The van der Waals surface area contributed by atoms with Crippen LogP contribution in [0.3, 0.4) is 0 Å². The molecule has 2 N–H and O–H groups in total. The lowest BCUT2D eigenvalue weighted by molar-refractivity contribution is 0.474. The van der Waals surface area contributed by atoms with Gasteiger partial charge >= 0.3 is 0 Å². The number of hydrogen-bond donors (Lipinski definition) is 2. The Morgan fingerprint density at radius 2 is 1.25 bits per heavy atom. The molecule has 3 aromatic rings. The molecule has 0 aliphatic heterocycles. The number of para-hydroxylation sites is 2. The van der Waals surface area contributed by atoms with Crippen LogP contribution in [0.1, 0.15) is 35.6 Å². The third-order valence-electron chi connectivity index (χ3n) is 5.56. The number of allylic oxidation sites excluding steroid dienone is 2. The number of benzene rings is 3. The van der Waals surface area contributed by atoms with Crippen LogP contribution in [0.4, 0.5) is 0 Å². The molecule has 0 aromatic heterocycles. The van der Waals surface area contributed by atoms with Crippen LogP contribution in [0.25, 0.3) is 5.57 Å². The van der Waals surface area contributed by atoms with E-state index in [1.165, 1.54) is 5.56 Å². The van der Waals surface area contributed by atoms with E-state index in [0.29, 0.717) is 17.5 Å². The largest absolute Gasteiger partial charge is 0.507 e. The summed E-state index contributed by atoms with van der Waals surface area (Å²) in [6.07, 6.45) is 8.10. The lowest BCUT2D eigenvalue weighted by atomic mass is 9.83. The Morgan fingerprint density at radius 3 is 1.78 bits per heavy atom. The van der Waals surface area contributed by atoms with E-state index in [9.17, 15) is 10.2 Å². The van der Waals surface area contributed by atoms with Gasteiger partial charge in [-0.2, -0.15) is 0 Å². The molecule has 0 fully saturated rings. The minimum absolute atomic E-state index is 0.167. The topological polar surface area (TPSA) is 65.2 Å². The van der Waals surface area contributed by atoms with Gasteiger partial charge in [-0.25, -0.2) is 0 Å². The number of aliphatic imine (C=N–C) groups is 2. The molecule has 0 heterocycles. The van der Waals surface area contributed by atoms with Crippen LogP contribution in [-0.4, -0.2) is 28.3 Å². The molecule has 0 atom stereocenters. The monoisotopic (exact) mass is 422 g/mol. The standard InChI is InChI=1S/C28H26N2O2/c1-20-11-14-22(15-12-20)25-16-13-21(2)17-28(25,29-18-23-7-3-5-9-26(23)31)30-19-24-8-4-6-10-27(24)32/h3-16,18-19,31-32H,17H2,1-2H3. The van der Waals surface area contributed by atoms with Gasteiger partial charge in [0.2, 0.25) is 0 Å². The van der Waals surface area contributed by atoms with Gasteiger partial charge in [0, 0.05) is 35.6 Å². The summed E-state index contributed by atoms with van der Waals surface area (Å²) in [7, 11) is 0. The first-order chi connectivity index (χ1) is 15.5. The predicted molar refractivity (Wildman–Crippen MR) is 132 cm³/mol. The van der Waals surface area contributed by atoms with Crippen LogP contribution in [0.2, 0.25) is 0 Å². The molecule has 0 saturated carbocycles. The zero-order valence-corrected chi connectivity index (χ0v) is 18.2. The maximum Gasteiger partial charge on any atom is 0.179 e. The second-order valence-electron chi connectivity index (χ2n) is 8.09. The molecule has 1 aliphatic rings. The van der Waals surface area contributed by atoms with Gasteiger partial charge in [-0.15, -0.1) is 0 Å². The minimum Gasteiger partial charge on any atom is -0.507 e. The average molecular weight is 423 g/mol. The molecule has 0 unspecified atom stereocenters. The van der Waals surface area contributed by atoms with Crippen molar-refractivity contribution in [3.05, 3.63) is 113 Å². The zero-order chi connectivity index (χ0) is 22.6. The fourth-order valence-corrected chi connectivity index (χ4v) is 3.77. The molecule has 4 rings (SSSR count). The number of aromatic hydroxyl groups is 2. The Kier molecular flexibility index (Phi) is 6.04. The van der Waals surface area contributed by atoms with Crippen LogP contribution in [0.5, 0.6) is 11.5 Å². The number of phenolic OH excluding ortho intramolecular Hbond substituents is 2. The Balaban J connectivity index is 1.86. The summed E-state index contributed by atoms with van der Waals surface area (Å²) in [6.45, 7) is 4.12. The third kappa shape index (κ3) is 4.54. The first-order valence-electron chi connectivity index (χ1n) is 10.6. The first-order valence-corrected chi connectivity index (χ1v) is 10.6. The fraction of sp³-hybridized carbons (Fsp3) is 0.143. The van der Waals surface area contributed by atoms with Gasteiger partial charge in [-0.05, 0) is 43.7 Å². The second kappa shape index (κ2) is 9.06. The SMILES string of the molecule is CC1=CC=C(c2ccc(C)cc2)C(N=Cc2ccccc2O)(N=Cc2ccccc2O)C1. The van der Waals surface area contributed by atoms with Crippen molar-refractivity contribution >= 4 is 18.0 Å². The van der Waals surface area contributed by atoms with Gasteiger partial charge in [0.1, 0.15) is 11.5 Å². The lowest BCUT2D eigenvalue weighted by Crippen LogP contribution is -2.29. The Morgan fingerprint density at radius 1 is 0.719 bits per heavy atom. The number of rotatable bonds is 5. The molecule has 0 amide bonds. The van der Waals surface area contributed by atoms with E-state index in [1.54, 1.807) is 36.7 Å². The van der Waals surface area contributed by atoms with Gasteiger partial charge < -0.3 is 10.2 Å². The summed E-state index contributed by atoms with van der Waals surface area (Å²) < 4.78 is 0. The molecule has 0 saturated heterocycles. The summed E-state index contributed by atoms with van der Waals surface area (Å²) in [5, 5.41) is 20.5. The van der Waals surface area contributed by atoms with Crippen molar-refractivity contribution in [3.63, 3.8) is 0 Å². The number of hydrogen-bond acceptors (Lipinski definition) is 4. The summed E-state index contributed by atoms with van der Waals surface area (Å²) in [5.74, 6) is 0.333. The molecule has 1 aliphatic carbocycles. The Bertz CT molecular complexity index is 1180. The Hall–Kier alpha value is -3.92. The number of aryl methyl sites for hydroxylation is 1. The van der Waals surface area contributed by atoms with Crippen LogP contribution in [-0.2, 0) is 0 Å². The second-order valence-corrected chi connectivity index (χ2v) is 8.09. The number of phenols is 2. The predicted octanol–water partition coefficient (Wildman–Crippen LogP) is 6.07. The molecule has 0 spiro atoms. The van der Waals surface area contributed by atoms with Crippen molar-refractivity contribution in [2.24, 2.45) is 9.98 Å². The third-order valence-corrected chi connectivity index (χ3v) is 5.56. The molecular formula is C28H26N2O2. The maximum atomic E-state index is 10.2. The highest BCUT2D eigenvalue weighted by atomic mass is 16.3. The smallest absolute Gasteiger partial charge is 0.179 e. The van der Waals surface area contributed by atoms with E-state index < -0.39 is 5.66 Å². The van der Waals surface area contributed by atoms with Gasteiger partial charge in [-0.3, -0.25) is 9.98 Å². The van der Waals surface area contributed by atoms with E-state index in [2.05, 4.69) is 50.3 Å². The van der Waals surface area contributed by atoms with Crippen LogP contribution >= 0.6 is 0 Å². The van der Waals surface area contributed by atoms with E-state index in [4.69, 9.17) is 9.98 Å². The van der Waals surface area contributed by atoms with Crippen molar-refractivity contribution in [1.82, 2.24) is 0 Å². The van der Waals surface area contributed by atoms with Crippen molar-refractivity contribution < 1.29 is 10.2 Å². The number of nitrogens with zero attached hydrogens (tertiary/aromatic N) is 2. The molecule has 32 heavy (non-hydrogen) atoms. The minimum atomic E-state index is -0.932. The van der Waals surface area contributed by atoms with Gasteiger partial charge in [0.05, 0.1) is 0 Å². The summed E-state index contributed by atoms with van der Waals surface area (Å²) in [4.78, 5) is 9.89. The van der Waals surface area contributed by atoms with Gasteiger partial charge in [0.15, 0.2) is 5.66 Å². The highest BCUT2D eigenvalue weighted by Crippen LogP contribution is 2.41. The van der Waals surface area contributed by atoms with Crippen LogP contribution in [0, 0.1) is 6.92 Å². The molecule has 0 radical (unpaired) electrons. The van der Waals surface area contributed by atoms with E-state index >= 15 is 0 Å². The Labute approximate surface area is 188 Å². The molecule has 4 heteroatoms. The van der Waals surface area contributed by atoms with Crippen molar-refractivity contribution in [1.29, 1.82) is 0 Å². The van der Waals surface area contributed by atoms with Crippen LogP contribution in [0.15, 0.2) is 101 Å². The highest BCUT2D eigenvalue weighted by molar-refractivity contribution is 5.89. The molecular weight excluding hydrogens is 396 g/mol. The van der Waals surface area contributed by atoms with Gasteiger partial charge in [-0.1, -0.05) is 71.8 Å². The zero-order valence-electron chi connectivity index (χ0n) is 18.2. The van der Waals surface area contributed by atoms with E-state index in [0.717, 1.165) is 16.7 Å². The molecule has 4 nitrogen and oxygen atoms in total. The van der Waals surface area contributed by atoms with Crippen molar-refractivity contribution in [3.8, 4) is 11.5 Å². The lowest BCUT2D eigenvalue weighted by Gasteiger charge is -2.32. The van der Waals surface area contributed by atoms with Crippen molar-refractivity contribution in [2.75, 3.05) is 0 Å². The summed E-state index contributed by atoms with van der Waals surface area (Å²) in [5.41, 5.74) is 4.63. The van der Waals surface area contributed by atoms with E-state index in [1.807, 2.05) is 24.3 Å². The maximum absolute atomic E-state index is 10.2. The molecule has 3 aromatic carbocycles. The van der Waals surface area contributed by atoms with Crippen molar-refractivity contribution in [2.45, 2.75) is 25.9 Å². The normalized spacial score (nSPS) is 18.7. The van der Waals surface area contributed by atoms with E-state index in [-0.39, 0.29) is 11.5 Å². The highest BCUT2D eigenvalue weighted by Gasteiger charge is 2.35. The van der Waals surface area contributed by atoms with Gasteiger partial charge in [0.25, 0.3) is 0 Å². The first kappa shape index (κ1) is 21.3. The van der Waals surface area contributed by atoms with Crippen LogP contribution < -0.4 is 0 Å². The fourth-order valence-electron chi connectivity index (χ4n) is 3.77. The molecule has 0 bridgehead atoms.